The van der Waals surface area contributed by atoms with Crippen molar-refractivity contribution in [3.05, 3.63) is 0 Å². The highest BCUT2D eigenvalue weighted by Crippen LogP contribution is 2.71. The standard InChI is InChI=1S/C73H120BNS/c1-73(2,3)45-46-37-66-71-68(38-46)76-67-44-53(55-39-54-29-18-31-58-57-30-16-27-51-28-17-32-59(69(51)57)62(42-55)70(54)58)33-35-63(67)74(71)64-43-52(47-19-8-4-9-20-47)34-36-65(64)75(66)72-60(49-23-12-6-13-24-49)40-56(48-21-10-5-11-22-48)41-61(72)50-25-14-7-15-26-50/h46-72H,4-45H2,1-3H3/t46?,51?,52?,53?,54-,55+,56?,57-,58?,59+,60?,61?,62?,63?,64?,65?,66?,67-,68?,69?,70+,71?,72?/m1/s1. The largest absolute Gasteiger partial charge is 0.295 e. The summed E-state index contributed by atoms with van der Waals surface area (Å²) in [5.74, 6) is 23.5. The fourth-order valence-corrected chi connectivity index (χ4v) is 30.3. The van der Waals surface area contributed by atoms with Crippen LogP contribution in [0.3, 0.4) is 0 Å². The van der Waals surface area contributed by atoms with Crippen molar-refractivity contribution in [1.82, 2.24) is 4.90 Å². The molecule has 0 N–H and O–H groups in total. The van der Waals surface area contributed by atoms with Gasteiger partial charge in [0.1, 0.15) is 0 Å². The molecule has 0 aromatic rings. The Hall–Kier alpha value is 0.375. The third-order valence-electron chi connectivity index (χ3n) is 30.1. The number of fused-ring (bicyclic) bond motifs is 6. The Bertz CT molecular complexity index is 1890. The summed E-state index contributed by atoms with van der Waals surface area (Å²) in [6, 6.07) is 2.73. The quantitative estimate of drug-likeness (QED) is 0.234. The summed E-state index contributed by atoms with van der Waals surface area (Å²) in [6.07, 6.45) is 67.2. The number of hydrogen-bond donors (Lipinski definition) is 0. The molecule has 0 amide bonds. The van der Waals surface area contributed by atoms with Gasteiger partial charge in [-0.15, -0.1) is 0 Å². The van der Waals surface area contributed by atoms with Crippen LogP contribution in [0.5, 0.6) is 0 Å². The van der Waals surface area contributed by atoms with Crippen molar-refractivity contribution in [3.8, 4) is 0 Å². The van der Waals surface area contributed by atoms with Crippen LogP contribution in [0.4, 0.5) is 0 Å². The van der Waals surface area contributed by atoms with Gasteiger partial charge in [0.15, 0.2) is 6.71 Å². The molecule has 2 aliphatic heterocycles. The molecule has 1 nitrogen and oxygen atoms in total. The van der Waals surface area contributed by atoms with Gasteiger partial charge in [-0.3, -0.25) is 4.90 Å². The first-order chi connectivity index (χ1) is 37.3. The van der Waals surface area contributed by atoms with E-state index >= 15 is 0 Å². The summed E-state index contributed by atoms with van der Waals surface area (Å²) >= 11 is 2.79. The number of nitrogens with zero attached hydrogens (tertiary/aromatic N) is 1. The van der Waals surface area contributed by atoms with Gasteiger partial charge >= 0.3 is 0 Å². The van der Waals surface area contributed by atoms with Gasteiger partial charge in [-0.1, -0.05) is 207 Å². The van der Waals surface area contributed by atoms with Gasteiger partial charge in [0.25, 0.3) is 0 Å². The van der Waals surface area contributed by atoms with E-state index in [9.17, 15) is 0 Å². The maximum Gasteiger partial charge on any atom is 0.155 e. The Balaban J connectivity index is 0.784. The van der Waals surface area contributed by atoms with E-state index < -0.39 is 0 Å². The average molecular weight is 1050 g/mol. The van der Waals surface area contributed by atoms with Crippen molar-refractivity contribution in [2.75, 3.05) is 0 Å². The van der Waals surface area contributed by atoms with Crippen molar-refractivity contribution in [3.63, 3.8) is 0 Å². The highest BCUT2D eigenvalue weighted by Gasteiger charge is 2.66. The Morgan fingerprint density at radius 1 is 0.342 bits per heavy atom. The van der Waals surface area contributed by atoms with Crippen molar-refractivity contribution >= 4 is 18.5 Å². The van der Waals surface area contributed by atoms with Gasteiger partial charge in [-0.2, -0.15) is 11.8 Å². The van der Waals surface area contributed by atoms with Crippen LogP contribution in [-0.2, 0) is 0 Å². The van der Waals surface area contributed by atoms with E-state index in [0.717, 1.165) is 165 Å². The summed E-state index contributed by atoms with van der Waals surface area (Å²) < 4.78 is 0. The van der Waals surface area contributed by atoms with Crippen molar-refractivity contribution < 1.29 is 0 Å². The second-order valence-electron chi connectivity index (χ2n) is 34.5. The lowest BCUT2D eigenvalue weighted by molar-refractivity contribution is -0.151. The molecule has 15 aliphatic rings. The molecule has 426 valence electrons. The molecule has 0 bridgehead atoms. The highest BCUT2D eigenvalue weighted by atomic mass is 32.2. The summed E-state index contributed by atoms with van der Waals surface area (Å²) in [7, 11) is 0. The first-order valence-electron chi connectivity index (χ1n) is 36.7. The van der Waals surface area contributed by atoms with Gasteiger partial charge in [-0.25, -0.2) is 0 Å². The Kier molecular flexibility index (Phi) is 15.7. The van der Waals surface area contributed by atoms with Gasteiger partial charge in [0, 0.05) is 28.6 Å². The number of hydrogen-bond acceptors (Lipinski definition) is 2. The zero-order valence-corrected chi connectivity index (χ0v) is 51.0. The SMILES string of the molecule is CC(C)(C)CC1CC2S[C@@H]3CC([C@@H]4CC5[C@@H]6CCCC7CCC[C@@H](C76)C6CCC[C@H](C4)[C@H]56)CCC3B3C4CC(C5CCCCC5)CCC4N(C4C(C5CCCCC5)CC(C5CCCCC5)CC4C4CCCCC4)C(C1)C32. The summed E-state index contributed by atoms with van der Waals surface area (Å²) in [5.41, 5.74) is 0.439. The van der Waals surface area contributed by atoms with Gasteiger partial charge < -0.3 is 0 Å². The minimum absolute atomic E-state index is 0.439. The summed E-state index contributed by atoms with van der Waals surface area (Å²) in [6.45, 7) is 9.02. The molecule has 0 radical (unpaired) electrons. The normalized spacial score (nSPS) is 50.9. The second-order valence-corrected chi connectivity index (χ2v) is 36.0. The average Bonchev–Trinajstić information content (AvgIpc) is 3.48. The predicted molar refractivity (Wildman–Crippen MR) is 325 cm³/mol. The first kappa shape index (κ1) is 53.1. The van der Waals surface area contributed by atoms with E-state index in [1.54, 1.807) is 238 Å². The lowest BCUT2D eigenvalue weighted by Gasteiger charge is -2.69. The smallest absolute Gasteiger partial charge is 0.155 e. The third-order valence-corrected chi connectivity index (χ3v) is 31.9. The van der Waals surface area contributed by atoms with Crippen LogP contribution >= 0.6 is 11.8 Å². The van der Waals surface area contributed by atoms with Crippen LogP contribution in [0.25, 0.3) is 0 Å². The van der Waals surface area contributed by atoms with E-state index in [1.165, 1.54) is 32.1 Å². The monoisotopic (exact) mass is 1050 g/mol. The molecular formula is C73H120BNS. The van der Waals surface area contributed by atoms with Crippen LogP contribution in [0.2, 0.25) is 17.5 Å². The Morgan fingerprint density at radius 2 is 0.842 bits per heavy atom. The number of rotatable bonds is 7. The molecular weight excluding hydrogens is 934 g/mol. The van der Waals surface area contributed by atoms with E-state index in [-0.39, 0.29) is 0 Å². The van der Waals surface area contributed by atoms with Crippen molar-refractivity contribution in [2.24, 2.45) is 118 Å². The molecule has 0 spiro atoms. The van der Waals surface area contributed by atoms with E-state index in [2.05, 4.69) is 37.4 Å². The minimum Gasteiger partial charge on any atom is -0.295 e. The molecule has 0 aromatic heterocycles. The molecule has 13 aliphatic carbocycles. The van der Waals surface area contributed by atoms with Crippen LogP contribution in [0, 0.1) is 118 Å². The van der Waals surface area contributed by atoms with Crippen molar-refractivity contribution in [2.45, 2.75) is 337 Å². The van der Waals surface area contributed by atoms with Gasteiger partial charge in [0.2, 0.25) is 0 Å². The van der Waals surface area contributed by atoms with Gasteiger partial charge in [0.05, 0.1) is 0 Å². The zero-order valence-electron chi connectivity index (χ0n) is 50.2. The van der Waals surface area contributed by atoms with E-state index in [0.29, 0.717) is 5.41 Å². The molecule has 15 unspecified atom stereocenters. The van der Waals surface area contributed by atoms with E-state index in [4.69, 9.17) is 0 Å². The van der Waals surface area contributed by atoms with Crippen LogP contribution in [0.1, 0.15) is 290 Å². The molecule has 15 fully saturated rings. The van der Waals surface area contributed by atoms with Crippen molar-refractivity contribution in [1.29, 1.82) is 0 Å². The van der Waals surface area contributed by atoms with E-state index in [1.807, 2.05) is 0 Å². The molecule has 15 rings (SSSR count). The molecule has 2 saturated heterocycles. The fourth-order valence-electron chi connectivity index (χ4n) is 28.1. The maximum atomic E-state index is 3.81. The zero-order chi connectivity index (χ0) is 50.6. The minimum atomic E-state index is 0.439. The molecule has 2 heterocycles. The van der Waals surface area contributed by atoms with Gasteiger partial charge in [-0.05, 0) is 219 Å². The Labute approximate surface area is 475 Å². The molecule has 13 saturated carbocycles. The van der Waals surface area contributed by atoms with Crippen LogP contribution in [0.15, 0.2) is 0 Å². The Morgan fingerprint density at radius 3 is 1.46 bits per heavy atom. The lowest BCUT2D eigenvalue weighted by atomic mass is 9.20. The summed E-state index contributed by atoms with van der Waals surface area (Å²) in [5, 5.41) is 1.94. The third kappa shape index (κ3) is 9.87. The molecule has 21 atom stereocenters. The fraction of sp³-hybridized carbons (Fsp3) is 1.00. The first-order valence-corrected chi connectivity index (χ1v) is 37.7. The van der Waals surface area contributed by atoms with Crippen LogP contribution in [-0.4, -0.2) is 40.2 Å². The summed E-state index contributed by atoms with van der Waals surface area (Å²) in [4.78, 5) is 3.81. The molecule has 0 aromatic carbocycles. The predicted octanol–water partition coefficient (Wildman–Crippen LogP) is 20.8. The maximum absolute atomic E-state index is 3.81. The highest BCUT2D eigenvalue weighted by molar-refractivity contribution is 8.00. The second kappa shape index (κ2) is 22.4. The number of thioether (sulfide) groups is 1. The molecule has 3 heteroatoms. The molecule has 76 heavy (non-hydrogen) atoms. The van der Waals surface area contributed by atoms with Crippen LogP contribution < -0.4 is 0 Å². The topological polar surface area (TPSA) is 3.24 Å². The lowest BCUT2D eigenvalue weighted by Crippen LogP contribution is -2.71.